The minimum atomic E-state index is -1.12. The molecule has 0 aromatic heterocycles. The second kappa shape index (κ2) is 5.65. The highest BCUT2D eigenvalue weighted by molar-refractivity contribution is 6.52. The van der Waals surface area contributed by atoms with Gasteiger partial charge in [0.25, 0.3) is 11.7 Å². The smallest absolute Gasteiger partial charge is 0.299 e. The number of anilines is 1. The molecular weight excluding hydrogens is 276 g/mol. The van der Waals surface area contributed by atoms with Crippen molar-refractivity contribution in [3.05, 3.63) is 29.3 Å². The molecule has 19 heavy (non-hydrogen) atoms. The summed E-state index contributed by atoms with van der Waals surface area (Å²) in [6.07, 6.45) is 2.27. The SMILES string of the molecule is O=C1C(=O)N(CCCCCCl)c2cc(F)c(F)cc21. The van der Waals surface area contributed by atoms with Gasteiger partial charge in [-0.3, -0.25) is 9.59 Å². The largest absolute Gasteiger partial charge is 0.305 e. The predicted molar refractivity (Wildman–Crippen MR) is 67.6 cm³/mol. The number of hydrogen-bond acceptors (Lipinski definition) is 2. The van der Waals surface area contributed by atoms with E-state index in [1.165, 1.54) is 4.90 Å². The Balaban J connectivity index is 2.21. The zero-order valence-electron chi connectivity index (χ0n) is 10.1. The van der Waals surface area contributed by atoms with Gasteiger partial charge < -0.3 is 4.90 Å². The Bertz CT molecular complexity index is 534. The molecule has 6 heteroatoms. The average Bonchev–Trinajstić information content (AvgIpc) is 2.60. The molecular formula is C13H12ClF2NO2. The summed E-state index contributed by atoms with van der Waals surface area (Å²) in [5, 5.41) is 0. The van der Waals surface area contributed by atoms with Crippen LogP contribution in [0.2, 0.25) is 0 Å². The van der Waals surface area contributed by atoms with Crippen LogP contribution in [-0.4, -0.2) is 24.1 Å². The van der Waals surface area contributed by atoms with Crippen LogP contribution in [0.5, 0.6) is 0 Å². The first-order valence-corrected chi connectivity index (χ1v) is 6.51. The number of unbranched alkanes of at least 4 members (excludes halogenated alkanes) is 2. The summed E-state index contributed by atoms with van der Waals surface area (Å²) < 4.78 is 26.3. The average molecular weight is 288 g/mol. The number of nitrogens with zero attached hydrogens (tertiary/aromatic N) is 1. The summed E-state index contributed by atoms with van der Waals surface area (Å²) in [5.74, 6) is -3.17. The van der Waals surface area contributed by atoms with Crippen LogP contribution in [0.25, 0.3) is 0 Å². The Morgan fingerprint density at radius 2 is 1.74 bits per heavy atom. The fourth-order valence-electron chi connectivity index (χ4n) is 2.05. The second-order valence-electron chi connectivity index (χ2n) is 4.32. The third kappa shape index (κ3) is 2.61. The standard InChI is InChI=1S/C13H12ClF2NO2/c14-4-2-1-3-5-17-11-7-10(16)9(15)6-8(11)12(18)13(17)19/h6-7H,1-5H2. The molecule has 1 heterocycles. The highest BCUT2D eigenvalue weighted by atomic mass is 35.5. The maximum Gasteiger partial charge on any atom is 0.299 e. The molecule has 1 aromatic carbocycles. The Hall–Kier alpha value is -1.49. The van der Waals surface area contributed by atoms with E-state index in [9.17, 15) is 18.4 Å². The molecule has 0 atom stereocenters. The van der Waals surface area contributed by atoms with Gasteiger partial charge >= 0.3 is 0 Å². The molecule has 0 saturated heterocycles. The quantitative estimate of drug-likeness (QED) is 0.474. The number of hydrogen-bond donors (Lipinski definition) is 0. The van der Waals surface area contributed by atoms with Crippen LogP contribution < -0.4 is 4.90 Å². The first-order chi connectivity index (χ1) is 9.06. The molecule has 0 N–H and O–H groups in total. The normalized spacial score (nSPS) is 14.2. The minimum absolute atomic E-state index is 0.0683. The summed E-state index contributed by atoms with van der Waals surface area (Å²) in [6.45, 7) is 0.305. The number of benzene rings is 1. The van der Waals surface area contributed by atoms with Crippen molar-refractivity contribution < 1.29 is 18.4 Å². The van der Waals surface area contributed by atoms with Crippen molar-refractivity contribution in [3.8, 4) is 0 Å². The molecule has 0 saturated carbocycles. The molecule has 102 valence electrons. The molecule has 0 aliphatic carbocycles. The van der Waals surface area contributed by atoms with Gasteiger partial charge in [0.2, 0.25) is 0 Å². The van der Waals surface area contributed by atoms with Gasteiger partial charge in [-0.25, -0.2) is 8.78 Å². The number of fused-ring (bicyclic) bond motifs is 1. The van der Waals surface area contributed by atoms with E-state index in [0.717, 1.165) is 25.0 Å². The number of carbonyl (C=O) groups excluding carboxylic acids is 2. The summed E-state index contributed by atoms with van der Waals surface area (Å²) in [7, 11) is 0. The molecule has 3 nitrogen and oxygen atoms in total. The number of carbonyl (C=O) groups is 2. The van der Waals surface area contributed by atoms with Gasteiger partial charge in [0, 0.05) is 18.5 Å². The van der Waals surface area contributed by atoms with E-state index in [-0.39, 0.29) is 11.3 Å². The molecule has 0 fully saturated rings. The van der Waals surface area contributed by atoms with Crippen molar-refractivity contribution in [3.63, 3.8) is 0 Å². The van der Waals surface area contributed by atoms with Crippen molar-refractivity contribution in [1.29, 1.82) is 0 Å². The third-order valence-electron chi connectivity index (χ3n) is 3.03. The van der Waals surface area contributed by atoms with Crippen LogP contribution >= 0.6 is 11.6 Å². The van der Waals surface area contributed by atoms with Gasteiger partial charge in [-0.15, -0.1) is 11.6 Å². The van der Waals surface area contributed by atoms with Crippen molar-refractivity contribution in [2.45, 2.75) is 19.3 Å². The Morgan fingerprint density at radius 1 is 1.05 bits per heavy atom. The lowest BCUT2D eigenvalue weighted by molar-refractivity contribution is -0.114. The molecule has 0 unspecified atom stereocenters. The van der Waals surface area contributed by atoms with Crippen molar-refractivity contribution in [2.75, 3.05) is 17.3 Å². The van der Waals surface area contributed by atoms with Crippen LogP contribution in [0, 0.1) is 11.6 Å². The molecule has 1 aliphatic heterocycles. The molecule has 1 aromatic rings. The van der Waals surface area contributed by atoms with Crippen LogP contribution in [0.3, 0.4) is 0 Å². The fraction of sp³-hybridized carbons (Fsp3) is 0.385. The predicted octanol–water partition coefficient (Wildman–Crippen LogP) is 2.90. The Morgan fingerprint density at radius 3 is 2.42 bits per heavy atom. The van der Waals surface area contributed by atoms with Crippen molar-refractivity contribution >= 4 is 29.0 Å². The highest BCUT2D eigenvalue weighted by Gasteiger charge is 2.36. The van der Waals surface area contributed by atoms with Crippen LogP contribution in [0.1, 0.15) is 29.6 Å². The lowest BCUT2D eigenvalue weighted by Crippen LogP contribution is -2.30. The van der Waals surface area contributed by atoms with E-state index >= 15 is 0 Å². The number of alkyl halides is 1. The first kappa shape index (κ1) is 13.9. The van der Waals surface area contributed by atoms with Crippen LogP contribution in [-0.2, 0) is 4.79 Å². The number of halogens is 3. The van der Waals surface area contributed by atoms with Gasteiger partial charge in [-0.2, -0.15) is 0 Å². The number of rotatable bonds is 5. The third-order valence-corrected chi connectivity index (χ3v) is 3.30. The Labute approximate surface area is 114 Å². The van der Waals surface area contributed by atoms with E-state index < -0.39 is 23.3 Å². The van der Waals surface area contributed by atoms with Crippen LogP contribution in [0.4, 0.5) is 14.5 Å². The van der Waals surface area contributed by atoms with Crippen molar-refractivity contribution in [2.24, 2.45) is 0 Å². The van der Waals surface area contributed by atoms with E-state index in [1.807, 2.05) is 0 Å². The molecule has 2 rings (SSSR count). The number of ketones is 1. The fourth-order valence-corrected chi connectivity index (χ4v) is 2.24. The molecule has 1 amide bonds. The van der Waals surface area contributed by atoms with E-state index in [4.69, 9.17) is 11.6 Å². The molecule has 0 bridgehead atoms. The summed E-state index contributed by atoms with van der Waals surface area (Å²) in [5.41, 5.74) is 0.0843. The van der Waals surface area contributed by atoms with E-state index in [2.05, 4.69) is 0 Å². The Kier molecular flexibility index (Phi) is 4.14. The minimum Gasteiger partial charge on any atom is -0.305 e. The maximum atomic E-state index is 13.2. The lowest BCUT2D eigenvalue weighted by atomic mass is 10.1. The molecule has 1 aliphatic rings. The summed E-state index contributed by atoms with van der Waals surface area (Å²) in [6, 6.07) is 1.68. The zero-order valence-corrected chi connectivity index (χ0v) is 10.8. The van der Waals surface area contributed by atoms with Gasteiger partial charge in [0.05, 0.1) is 11.3 Å². The van der Waals surface area contributed by atoms with Gasteiger partial charge in [0.1, 0.15) is 0 Å². The van der Waals surface area contributed by atoms with Gasteiger partial charge in [-0.05, 0) is 18.9 Å². The van der Waals surface area contributed by atoms with E-state index in [0.29, 0.717) is 18.8 Å². The first-order valence-electron chi connectivity index (χ1n) is 5.97. The zero-order chi connectivity index (χ0) is 14.0. The van der Waals surface area contributed by atoms with Crippen molar-refractivity contribution in [1.82, 2.24) is 0 Å². The summed E-state index contributed by atoms with van der Waals surface area (Å²) >= 11 is 5.54. The van der Waals surface area contributed by atoms with Gasteiger partial charge in [0.15, 0.2) is 11.6 Å². The van der Waals surface area contributed by atoms with E-state index in [1.54, 1.807) is 0 Å². The highest BCUT2D eigenvalue weighted by Crippen LogP contribution is 2.31. The topological polar surface area (TPSA) is 37.4 Å². The monoisotopic (exact) mass is 287 g/mol. The second-order valence-corrected chi connectivity index (χ2v) is 4.70. The molecule has 0 spiro atoms. The summed E-state index contributed by atoms with van der Waals surface area (Å²) in [4.78, 5) is 24.6. The molecule has 0 radical (unpaired) electrons. The number of Topliss-reactive ketones (excluding diaryl/α,β-unsaturated/α-hetero) is 1. The maximum absolute atomic E-state index is 13.2. The van der Waals surface area contributed by atoms with Crippen LogP contribution in [0.15, 0.2) is 12.1 Å². The van der Waals surface area contributed by atoms with Gasteiger partial charge in [-0.1, -0.05) is 6.42 Å². The lowest BCUT2D eigenvalue weighted by Gasteiger charge is -2.16. The number of amides is 1.